The van der Waals surface area contributed by atoms with Gasteiger partial charge in [0.2, 0.25) is 0 Å². The van der Waals surface area contributed by atoms with Crippen molar-refractivity contribution in [2.24, 2.45) is 13.0 Å². The molecule has 1 fully saturated rings. The molecule has 0 aliphatic heterocycles. The average molecular weight is 193 g/mol. The van der Waals surface area contributed by atoms with Crippen molar-refractivity contribution in [1.29, 1.82) is 0 Å². The highest BCUT2D eigenvalue weighted by Crippen LogP contribution is 2.26. The Morgan fingerprint density at radius 2 is 2.29 bits per heavy atom. The SMILES string of the molecule is Cn1ncnc1CC(=O)C1CCCC1. The van der Waals surface area contributed by atoms with Crippen molar-refractivity contribution in [1.82, 2.24) is 14.8 Å². The maximum absolute atomic E-state index is 11.8. The lowest BCUT2D eigenvalue weighted by atomic mass is 10.00. The summed E-state index contributed by atoms with van der Waals surface area (Å²) < 4.78 is 1.67. The van der Waals surface area contributed by atoms with E-state index in [4.69, 9.17) is 0 Å². The van der Waals surface area contributed by atoms with Crippen LogP contribution in [0.3, 0.4) is 0 Å². The molecule has 2 rings (SSSR count). The molecule has 0 atom stereocenters. The third-order valence-electron chi connectivity index (χ3n) is 2.95. The molecular weight excluding hydrogens is 178 g/mol. The molecule has 0 N–H and O–H groups in total. The highest BCUT2D eigenvalue weighted by molar-refractivity contribution is 5.82. The van der Waals surface area contributed by atoms with E-state index in [-0.39, 0.29) is 5.92 Å². The van der Waals surface area contributed by atoms with E-state index in [1.165, 1.54) is 19.2 Å². The van der Waals surface area contributed by atoms with Crippen LogP contribution >= 0.6 is 0 Å². The summed E-state index contributed by atoms with van der Waals surface area (Å²) in [5, 5.41) is 3.95. The van der Waals surface area contributed by atoms with E-state index >= 15 is 0 Å². The van der Waals surface area contributed by atoms with Crippen LogP contribution < -0.4 is 0 Å². The number of nitrogens with zero attached hydrogens (tertiary/aromatic N) is 3. The van der Waals surface area contributed by atoms with Crippen molar-refractivity contribution in [3.8, 4) is 0 Å². The van der Waals surface area contributed by atoms with Crippen molar-refractivity contribution >= 4 is 5.78 Å². The molecule has 0 amide bonds. The van der Waals surface area contributed by atoms with Crippen LogP contribution in [0.25, 0.3) is 0 Å². The highest BCUT2D eigenvalue weighted by Gasteiger charge is 2.23. The Hall–Kier alpha value is -1.19. The van der Waals surface area contributed by atoms with E-state index in [2.05, 4.69) is 10.1 Å². The number of Topliss-reactive ketones (excluding diaryl/α,β-unsaturated/α-hetero) is 1. The Bertz CT molecular complexity index is 326. The van der Waals surface area contributed by atoms with Gasteiger partial charge in [-0.1, -0.05) is 12.8 Å². The van der Waals surface area contributed by atoms with Crippen LogP contribution in [0.15, 0.2) is 6.33 Å². The number of rotatable bonds is 3. The van der Waals surface area contributed by atoms with Gasteiger partial charge in [-0.3, -0.25) is 9.48 Å². The summed E-state index contributed by atoms with van der Waals surface area (Å²) in [4.78, 5) is 15.8. The molecule has 0 spiro atoms. The minimum atomic E-state index is 0.284. The number of hydrogen-bond acceptors (Lipinski definition) is 3. The molecule has 1 saturated carbocycles. The van der Waals surface area contributed by atoms with Crippen molar-refractivity contribution < 1.29 is 4.79 Å². The first-order chi connectivity index (χ1) is 6.77. The second-order valence-corrected chi connectivity index (χ2v) is 3.92. The third-order valence-corrected chi connectivity index (χ3v) is 2.95. The first-order valence-corrected chi connectivity index (χ1v) is 5.13. The second-order valence-electron chi connectivity index (χ2n) is 3.92. The summed E-state index contributed by atoms with van der Waals surface area (Å²) in [6.45, 7) is 0. The zero-order valence-electron chi connectivity index (χ0n) is 8.44. The third kappa shape index (κ3) is 1.84. The zero-order valence-corrected chi connectivity index (χ0v) is 8.44. The van der Waals surface area contributed by atoms with Gasteiger partial charge in [-0.2, -0.15) is 5.10 Å². The van der Waals surface area contributed by atoms with Crippen LogP contribution in [-0.4, -0.2) is 20.5 Å². The van der Waals surface area contributed by atoms with Crippen molar-refractivity contribution in [2.45, 2.75) is 32.1 Å². The molecule has 4 heteroatoms. The summed E-state index contributed by atoms with van der Waals surface area (Å²) in [6.07, 6.45) is 6.48. The van der Waals surface area contributed by atoms with Gasteiger partial charge in [0.1, 0.15) is 17.9 Å². The van der Waals surface area contributed by atoms with Gasteiger partial charge in [-0.05, 0) is 12.8 Å². The molecule has 0 unspecified atom stereocenters. The maximum atomic E-state index is 11.8. The Balaban J connectivity index is 1.97. The molecule has 1 heterocycles. The molecule has 0 saturated heterocycles. The summed E-state index contributed by atoms with van der Waals surface area (Å²) >= 11 is 0. The topological polar surface area (TPSA) is 47.8 Å². The molecular formula is C10H15N3O. The predicted octanol–water partition coefficient (Wildman–Crippen LogP) is 1.12. The van der Waals surface area contributed by atoms with Crippen molar-refractivity contribution in [3.63, 3.8) is 0 Å². The van der Waals surface area contributed by atoms with Crippen LogP contribution in [0.1, 0.15) is 31.5 Å². The van der Waals surface area contributed by atoms with Crippen LogP contribution in [0, 0.1) is 5.92 Å². The molecule has 0 aromatic carbocycles. The van der Waals surface area contributed by atoms with E-state index in [1.807, 2.05) is 7.05 Å². The average Bonchev–Trinajstić information content (AvgIpc) is 2.77. The molecule has 0 radical (unpaired) electrons. The summed E-state index contributed by atoms with van der Waals surface area (Å²) in [5.74, 6) is 1.40. The molecule has 1 aromatic heterocycles. The number of hydrogen-bond donors (Lipinski definition) is 0. The number of carbonyl (C=O) groups excluding carboxylic acids is 1. The molecule has 4 nitrogen and oxygen atoms in total. The van der Waals surface area contributed by atoms with Gasteiger partial charge in [0.15, 0.2) is 0 Å². The Labute approximate surface area is 83.3 Å². The Morgan fingerprint density at radius 1 is 1.57 bits per heavy atom. The van der Waals surface area contributed by atoms with E-state index in [0.717, 1.165) is 18.7 Å². The van der Waals surface area contributed by atoms with Gasteiger partial charge in [0.25, 0.3) is 0 Å². The number of aryl methyl sites for hydroxylation is 1. The fourth-order valence-corrected chi connectivity index (χ4v) is 2.03. The van der Waals surface area contributed by atoms with Gasteiger partial charge in [-0.15, -0.1) is 0 Å². The zero-order chi connectivity index (χ0) is 9.97. The predicted molar refractivity (Wildman–Crippen MR) is 51.7 cm³/mol. The standard InChI is InChI=1S/C10H15N3O/c1-13-10(11-7-12-13)6-9(14)8-4-2-3-5-8/h7-8H,2-6H2,1H3. The lowest BCUT2D eigenvalue weighted by molar-refractivity contribution is -0.122. The molecule has 76 valence electrons. The lowest BCUT2D eigenvalue weighted by Crippen LogP contribution is -2.16. The van der Waals surface area contributed by atoms with Crippen LogP contribution in [0.4, 0.5) is 0 Å². The van der Waals surface area contributed by atoms with E-state index in [9.17, 15) is 4.79 Å². The van der Waals surface area contributed by atoms with E-state index in [0.29, 0.717) is 12.2 Å². The lowest BCUT2D eigenvalue weighted by Gasteiger charge is -2.06. The minimum Gasteiger partial charge on any atom is -0.299 e. The summed E-state index contributed by atoms with van der Waals surface area (Å²) in [6, 6.07) is 0. The van der Waals surface area contributed by atoms with Crippen molar-refractivity contribution in [3.05, 3.63) is 12.2 Å². The molecule has 1 aromatic rings. The van der Waals surface area contributed by atoms with Gasteiger partial charge in [0, 0.05) is 13.0 Å². The molecule has 1 aliphatic carbocycles. The van der Waals surface area contributed by atoms with Gasteiger partial charge >= 0.3 is 0 Å². The number of ketones is 1. The van der Waals surface area contributed by atoms with Gasteiger partial charge < -0.3 is 0 Å². The van der Waals surface area contributed by atoms with E-state index in [1.54, 1.807) is 4.68 Å². The van der Waals surface area contributed by atoms with Gasteiger partial charge in [0.05, 0.1) is 6.42 Å². The van der Waals surface area contributed by atoms with Gasteiger partial charge in [-0.25, -0.2) is 4.98 Å². The van der Waals surface area contributed by atoms with Crippen LogP contribution in [-0.2, 0) is 18.3 Å². The number of carbonyl (C=O) groups is 1. The molecule has 14 heavy (non-hydrogen) atoms. The van der Waals surface area contributed by atoms with Crippen LogP contribution in [0.5, 0.6) is 0 Å². The normalized spacial score (nSPS) is 17.5. The van der Waals surface area contributed by atoms with Crippen LogP contribution in [0.2, 0.25) is 0 Å². The fourth-order valence-electron chi connectivity index (χ4n) is 2.03. The quantitative estimate of drug-likeness (QED) is 0.722. The first kappa shape index (κ1) is 9.37. The first-order valence-electron chi connectivity index (χ1n) is 5.13. The second kappa shape index (κ2) is 3.90. The summed E-state index contributed by atoms with van der Waals surface area (Å²) in [7, 11) is 1.82. The maximum Gasteiger partial charge on any atom is 0.143 e. The smallest absolute Gasteiger partial charge is 0.143 e. The Morgan fingerprint density at radius 3 is 2.86 bits per heavy atom. The highest BCUT2D eigenvalue weighted by atomic mass is 16.1. The monoisotopic (exact) mass is 193 g/mol. The number of aromatic nitrogens is 3. The minimum absolute atomic E-state index is 0.284. The summed E-state index contributed by atoms with van der Waals surface area (Å²) in [5.41, 5.74) is 0. The molecule has 0 bridgehead atoms. The van der Waals surface area contributed by atoms with E-state index < -0.39 is 0 Å². The fraction of sp³-hybridized carbons (Fsp3) is 0.700. The largest absolute Gasteiger partial charge is 0.299 e. The Kier molecular flexibility index (Phi) is 2.61. The van der Waals surface area contributed by atoms with Crippen molar-refractivity contribution in [2.75, 3.05) is 0 Å². The molecule has 1 aliphatic rings.